The number of unbranched alkanes of at least 4 members (excludes halogenated alkanes) is 1. The van der Waals surface area contributed by atoms with Crippen LogP contribution in [0.5, 0.6) is 0 Å². The smallest absolute Gasteiger partial charge is 0.107 e. The number of aliphatic hydroxyl groups excluding tert-OH is 1. The van der Waals surface area contributed by atoms with Crippen molar-refractivity contribution in [2.75, 3.05) is 0 Å². The van der Waals surface area contributed by atoms with Gasteiger partial charge in [-0.25, -0.2) is 4.98 Å². The van der Waals surface area contributed by atoms with Gasteiger partial charge in [0.25, 0.3) is 0 Å². The van der Waals surface area contributed by atoms with Crippen molar-refractivity contribution in [3.05, 3.63) is 72.2 Å². The van der Waals surface area contributed by atoms with E-state index in [-0.39, 0.29) is 0 Å². The van der Waals surface area contributed by atoms with Gasteiger partial charge in [0.05, 0.1) is 0 Å². The topological polar surface area (TPSA) is 38.0 Å². The molecule has 1 aliphatic heterocycles. The van der Waals surface area contributed by atoms with Crippen molar-refractivity contribution >= 4 is 15.1 Å². The van der Waals surface area contributed by atoms with E-state index in [2.05, 4.69) is 45.6 Å². The van der Waals surface area contributed by atoms with Gasteiger partial charge in [0.1, 0.15) is 11.8 Å². The fraction of sp³-hybridized carbons (Fsp3) is 0.278. The minimum absolute atomic E-state index is 0.396. The predicted octanol–water partition coefficient (Wildman–Crippen LogP) is 4.53. The summed E-state index contributed by atoms with van der Waals surface area (Å²) in [6.45, 7) is 2.16. The molecule has 0 bridgehead atoms. The highest BCUT2D eigenvalue weighted by Gasteiger charge is 2.37. The lowest BCUT2D eigenvalue weighted by molar-refractivity contribution is 0.245. The normalized spacial score (nSPS) is 24.7. The molecule has 0 spiro atoms. The van der Waals surface area contributed by atoms with Crippen molar-refractivity contribution in [2.24, 2.45) is 0 Å². The summed E-state index contributed by atoms with van der Waals surface area (Å²) < 4.78 is 2.11. The highest BCUT2D eigenvalue weighted by atomic mass is 32.3. The van der Waals surface area contributed by atoms with Crippen molar-refractivity contribution in [1.82, 2.24) is 8.96 Å². The maximum Gasteiger partial charge on any atom is 0.107 e. The van der Waals surface area contributed by atoms with Crippen molar-refractivity contribution in [3.63, 3.8) is 0 Å². The minimum Gasteiger partial charge on any atom is -0.382 e. The number of imidazole rings is 1. The molecule has 0 fully saturated rings. The van der Waals surface area contributed by atoms with Gasteiger partial charge < -0.3 is 5.11 Å². The van der Waals surface area contributed by atoms with E-state index in [1.165, 1.54) is 10.5 Å². The van der Waals surface area contributed by atoms with Gasteiger partial charge in [-0.2, -0.15) is 0 Å². The van der Waals surface area contributed by atoms with Crippen LogP contribution < -0.4 is 0 Å². The van der Waals surface area contributed by atoms with Gasteiger partial charge in [0.2, 0.25) is 0 Å². The highest BCUT2D eigenvalue weighted by Crippen LogP contribution is 2.67. The molecule has 2 aromatic rings. The van der Waals surface area contributed by atoms with Gasteiger partial charge in [0.15, 0.2) is 0 Å². The van der Waals surface area contributed by atoms with E-state index in [4.69, 9.17) is 0 Å². The zero-order valence-corrected chi connectivity index (χ0v) is 13.6. The highest BCUT2D eigenvalue weighted by molar-refractivity contribution is 8.42. The lowest BCUT2D eigenvalue weighted by Gasteiger charge is -2.42. The van der Waals surface area contributed by atoms with Crippen LogP contribution in [-0.2, 0) is 0 Å². The van der Waals surface area contributed by atoms with E-state index >= 15 is 0 Å². The first-order valence-electron chi connectivity index (χ1n) is 7.71. The Morgan fingerprint density at radius 3 is 2.77 bits per heavy atom. The molecule has 2 atom stereocenters. The van der Waals surface area contributed by atoms with Crippen LogP contribution >= 0.6 is 10.2 Å². The molecular weight excluding hydrogens is 292 g/mol. The minimum atomic E-state index is -1.65. The van der Waals surface area contributed by atoms with Gasteiger partial charge in [0, 0.05) is 17.3 Å². The third-order valence-corrected chi connectivity index (χ3v) is 7.62. The molecule has 1 N–H and O–H groups in total. The van der Waals surface area contributed by atoms with Gasteiger partial charge >= 0.3 is 0 Å². The molecule has 116 valence electrons. The average molecular weight is 314 g/mol. The Morgan fingerprint density at radius 2 is 2.09 bits per heavy atom. The lowest BCUT2D eigenvalue weighted by atomic mass is 10.2. The first-order chi connectivity index (χ1) is 10.8. The first-order valence-corrected chi connectivity index (χ1v) is 9.43. The fourth-order valence-electron chi connectivity index (χ4n) is 2.86. The van der Waals surface area contributed by atoms with Crippen LogP contribution in [0.4, 0.5) is 0 Å². The summed E-state index contributed by atoms with van der Waals surface area (Å²) in [6.07, 6.45) is 12.7. The van der Waals surface area contributed by atoms with Gasteiger partial charge in [-0.15, -0.1) is 0 Å². The van der Waals surface area contributed by atoms with E-state index in [0.29, 0.717) is 0 Å². The van der Waals surface area contributed by atoms with Crippen molar-refractivity contribution in [3.8, 4) is 0 Å². The standard InChI is InChI=1S/C18H22N2OS/c1-2-3-11-18(21)22(20-13-12-19-15-20)14-7-10-17(22)16-8-5-4-6-9-16/h4-10,12-15,18,21H,2-3,11H2,1H3. The molecular formula is C18H22N2OS. The first kappa shape index (κ1) is 15.1. The van der Waals surface area contributed by atoms with Crippen molar-refractivity contribution < 1.29 is 5.11 Å². The summed E-state index contributed by atoms with van der Waals surface area (Å²) in [5.41, 5.74) is 0.776. The van der Waals surface area contributed by atoms with E-state index in [9.17, 15) is 5.11 Å². The van der Waals surface area contributed by atoms with Crippen LogP contribution in [0.3, 0.4) is 0 Å². The second kappa shape index (κ2) is 6.55. The molecule has 3 nitrogen and oxygen atoms in total. The third-order valence-electron chi connectivity index (χ3n) is 3.99. The summed E-state index contributed by atoms with van der Waals surface area (Å²) in [5, 5.41) is 13.2. The molecule has 22 heavy (non-hydrogen) atoms. The second-order valence-corrected chi connectivity index (χ2v) is 8.44. The van der Waals surface area contributed by atoms with Gasteiger partial charge in [-0.05, 0) is 23.5 Å². The largest absolute Gasteiger partial charge is 0.382 e. The van der Waals surface area contributed by atoms with Crippen LogP contribution in [0.2, 0.25) is 0 Å². The summed E-state index contributed by atoms with van der Waals surface area (Å²) in [6, 6.07) is 10.3. The Bertz CT molecular complexity index is 664. The molecule has 2 heterocycles. The molecule has 1 aromatic heterocycles. The molecule has 0 amide bonds. The maximum atomic E-state index is 11.0. The molecule has 3 rings (SSSR count). The zero-order chi connectivity index (χ0) is 15.4. The zero-order valence-electron chi connectivity index (χ0n) is 12.8. The number of hydrogen-bond acceptors (Lipinski definition) is 2. The molecule has 0 aliphatic carbocycles. The van der Waals surface area contributed by atoms with Crippen LogP contribution in [-0.4, -0.2) is 19.5 Å². The summed E-state index contributed by atoms with van der Waals surface area (Å²) in [7, 11) is -1.65. The monoisotopic (exact) mass is 314 g/mol. The Labute approximate surface area is 133 Å². The second-order valence-electron chi connectivity index (χ2n) is 5.42. The molecule has 1 aliphatic rings. The van der Waals surface area contributed by atoms with Gasteiger partial charge in [-0.3, -0.25) is 3.97 Å². The molecule has 4 heteroatoms. The van der Waals surface area contributed by atoms with Crippen molar-refractivity contribution in [1.29, 1.82) is 0 Å². The number of nitrogens with zero attached hydrogens (tertiary/aromatic N) is 2. The van der Waals surface area contributed by atoms with Crippen molar-refractivity contribution in [2.45, 2.75) is 31.6 Å². The van der Waals surface area contributed by atoms with Crippen LogP contribution in [0.15, 0.2) is 66.6 Å². The molecule has 1 aromatic carbocycles. The van der Waals surface area contributed by atoms with Crippen LogP contribution in [0, 0.1) is 0 Å². The number of aliphatic hydroxyl groups is 1. The Morgan fingerprint density at radius 1 is 1.27 bits per heavy atom. The summed E-state index contributed by atoms with van der Waals surface area (Å²) >= 11 is 0. The SMILES string of the molecule is CCCCC(O)S1(n2ccnc2)C=CC=C1c1ccccc1. The number of benzene rings is 1. The van der Waals surface area contributed by atoms with E-state index in [1.54, 1.807) is 6.20 Å². The average Bonchev–Trinajstić information content (AvgIpc) is 3.22. The number of rotatable bonds is 6. The Balaban J connectivity index is 2.06. The molecule has 0 saturated carbocycles. The fourth-order valence-corrected chi connectivity index (χ4v) is 6.25. The van der Waals surface area contributed by atoms with Crippen LogP contribution in [0.25, 0.3) is 4.91 Å². The number of aromatic nitrogens is 2. The maximum absolute atomic E-state index is 11.0. The quantitative estimate of drug-likeness (QED) is 0.851. The Kier molecular flexibility index (Phi) is 4.50. The predicted molar refractivity (Wildman–Crippen MR) is 94.3 cm³/mol. The summed E-state index contributed by atoms with van der Waals surface area (Å²) in [4.78, 5) is 5.42. The number of hydrogen-bond donors (Lipinski definition) is 1. The molecule has 2 unspecified atom stereocenters. The lowest BCUT2D eigenvalue weighted by Crippen LogP contribution is -2.22. The molecule has 0 radical (unpaired) electrons. The van der Waals surface area contributed by atoms with E-state index < -0.39 is 15.7 Å². The van der Waals surface area contributed by atoms with Crippen LogP contribution in [0.1, 0.15) is 31.7 Å². The molecule has 0 saturated heterocycles. The van der Waals surface area contributed by atoms with Gasteiger partial charge in [-0.1, -0.05) is 66.4 Å². The Hall–Kier alpha value is -1.78. The summed E-state index contributed by atoms with van der Waals surface area (Å²) in [5.74, 6) is 0. The van der Waals surface area contributed by atoms with E-state index in [0.717, 1.165) is 19.3 Å². The number of allylic oxidation sites excluding steroid dienone is 2. The third kappa shape index (κ3) is 2.53. The van der Waals surface area contributed by atoms with E-state index in [1.807, 2.05) is 30.7 Å².